The first kappa shape index (κ1) is 14.8. The molecule has 3 nitrogen and oxygen atoms in total. The Morgan fingerprint density at radius 2 is 1.80 bits per heavy atom. The minimum Gasteiger partial charge on any atom is -0.329 e. The van der Waals surface area contributed by atoms with Gasteiger partial charge in [-0.05, 0) is 37.6 Å². The molecular weight excluding hydrogens is 246 g/mol. The monoisotopic (exact) mass is 279 g/mol. The van der Waals surface area contributed by atoms with Gasteiger partial charge in [0.15, 0.2) is 0 Å². The molecule has 0 amide bonds. The summed E-state index contributed by atoms with van der Waals surface area (Å²) < 4.78 is 0. The molecule has 2 unspecified atom stereocenters. The molecule has 0 radical (unpaired) electrons. The van der Waals surface area contributed by atoms with Crippen LogP contribution in [0.3, 0.4) is 0 Å². The molecule has 0 aromatic rings. The molecule has 3 heteroatoms. The number of rotatable bonds is 2. The minimum absolute atomic E-state index is 0.259. The molecule has 0 bridgehead atoms. The fourth-order valence-electron chi connectivity index (χ4n) is 5.19. The second kappa shape index (κ2) is 5.58. The molecule has 2 saturated heterocycles. The molecular formula is C17H33N3. The Hall–Kier alpha value is -0.120. The zero-order chi connectivity index (χ0) is 14.2. The molecule has 1 saturated carbocycles. The maximum Gasteiger partial charge on any atom is 0.0383 e. The van der Waals surface area contributed by atoms with Crippen LogP contribution < -0.4 is 5.73 Å². The van der Waals surface area contributed by atoms with E-state index in [1.54, 1.807) is 0 Å². The minimum atomic E-state index is 0.259. The molecule has 3 aliphatic rings. The Morgan fingerprint density at radius 3 is 2.55 bits per heavy atom. The zero-order valence-electron chi connectivity index (χ0n) is 13.5. The van der Waals surface area contributed by atoms with Gasteiger partial charge in [0.05, 0.1) is 0 Å². The summed E-state index contributed by atoms with van der Waals surface area (Å²) in [5.41, 5.74) is 6.99. The molecule has 3 fully saturated rings. The van der Waals surface area contributed by atoms with E-state index in [1.807, 2.05) is 0 Å². The number of hydrogen-bond donors (Lipinski definition) is 1. The normalized spacial score (nSPS) is 39.5. The first-order valence-electron chi connectivity index (χ1n) is 8.78. The number of nitrogens with two attached hydrogens (primary N) is 1. The first-order valence-corrected chi connectivity index (χ1v) is 8.78. The first-order chi connectivity index (χ1) is 9.59. The summed E-state index contributed by atoms with van der Waals surface area (Å²) in [4.78, 5) is 5.54. The standard InChI is InChI=1S/C17H33N3/c1-16(2)8-4-5-9-17(16,14-18)20-12-11-19-10-6-3-7-15(19)13-20/h15H,3-14,18H2,1-2H3. The highest BCUT2D eigenvalue weighted by molar-refractivity contribution is 5.07. The average molecular weight is 279 g/mol. The van der Waals surface area contributed by atoms with E-state index in [1.165, 1.54) is 71.1 Å². The Kier molecular flexibility index (Phi) is 4.13. The van der Waals surface area contributed by atoms with E-state index in [9.17, 15) is 0 Å². The smallest absolute Gasteiger partial charge is 0.0383 e. The van der Waals surface area contributed by atoms with E-state index < -0.39 is 0 Å². The topological polar surface area (TPSA) is 32.5 Å². The molecule has 2 atom stereocenters. The van der Waals surface area contributed by atoms with Gasteiger partial charge in [-0.3, -0.25) is 9.80 Å². The van der Waals surface area contributed by atoms with Crippen LogP contribution in [0.5, 0.6) is 0 Å². The van der Waals surface area contributed by atoms with Crippen LogP contribution in [0.25, 0.3) is 0 Å². The number of nitrogens with zero attached hydrogens (tertiary/aromatic N) is 2. The van der Waals surface area contributed by atoms with Gasteiger partial charge in [0.1, 0.15) is 0 Å². The Labute approximate surface area is 124 Å². The molecule has 116 valence electrons. The molecule has 0 aromatic carbocycles. The van der Waals surface area contributed by atoms with Gasteiger partial charge in [-0.25, -0.2) is 0 Å². The molecule has 3 rings (SSSR count). The zero-order valence-corrected chi connectivity index (χ0v) is 13.5. The predicted octanol–water partition coefficient (Wildman–Crippen LogP) is 2.45. The molecule has 20 heavy (non-hydrogen) atoms. The molecule has 0 aromatic heterocycles. The quantitative estimate of drug-likeness (QED) is 0.843. The third-order valence-corrected chi connectivity index (χ3v) is 6.68. The van der Waals surface area contributed by atoms with Gasteiger partial charge in [0.2, 0.25) is 0 Å². The lowest BCUT2D eigenvalue weighted by molar-refractivity contribution is -0.0845. The van der Waals surface area contributed by atoms with E-state index in [0.29, 0.717) is 5.41 Å². The van der Waals surface area contributed by atoms with Gasteiger partial charge in [-0.15, -0.1) is 0 Å². The van der Waals surface area contributed by atoms with Crippen LogP contribution >= 0.6 is 0 Å². The largest absolute Gasteiger partial charge is 0.329 e. The SMILES string of the molecule is CC1(C)CCCCC1(CN)N1CCN2CCCCC2C1. The lowest BCUT2D eigenvalue weighted by Crippen LogP contribution is -2.69. The van der Waals surface area contributed by atoms with Crippen LogP contribution in [-0.2, 0) is 0 Å². The van der Waals surface area contributed by atoms with Crippen LogP contribution in [-0.4, -0.2) is 54.1 Å². The second-order valence-corrected chi connectivity index (χ2v) is 7.96. The van der Waals surface area contributed by atoms with Gasteiger partial charge >= 0.3 is 0 Å². The highest BCUT2D eigenvalue weighted by atomic mass is 15.3. The Balaban J connectivity index is 1.79. The van der Waals surface area contributed by atoms with Crippen LogP contribution in [0.4, 0.5) is 0 Å². The number of piperidine rings is 1. The van der Waals surface area contributed by atoms with E-state index in [2.05, 4.69) is 23.6 Å². The van der Waals surface area contributed by atoms with E-state index >= 15 is 0 Å². The number of piperazine rings is 1. The Bertz CT molecular complexity index is 341. The van der Waals surface area contributed by atoms with Crippen LogP contribution in [0.15, 0.2) is 0 Å². The van der Waals surface area contributed by atoms with Crippen molar-refractivity contribution in [3.8, 4) is 0 Å². The molecule has 0 spiro atoms. The van der Waals surface area contributed by atoms with Crippen molar-refractivity contribution in [1.82, 2.24) is 9.80 Å². The van der Waals surface area contributed by atoms with Gasteiger partial charge < -0.3 is 5.73 Å². The summed E-state index contributed by atoms with van der Waals surface area (Å²) in [5.74, 6) is 0. The van der Waals surface area contributed by atoms with E-state index in [0.717, 1.165) is 12.6 Å². The van der Waals surface area contributed by atoms with Gasteiger partial charge in [-0.2, -0.15) is 0 Å². The van der Waals surface area contributed by atoms with Crippen molar-refractivity contribution in [3.63, 3.8) is 0 Å². The van der Waals surface area contributed by atoms with Crippen LogP contribution in [0, 0.1) is 5.41 Å². The van der Waals surface area contributed by atoms with Crippen molar-refractivity contribution in [1.29, 1.82) is 0 Å². The van der Waals surface area contributed by atoms with Gasteiger partial charge in [0.25, 0.3) is 0 Å². The molecule has 2 N–H and O–H groups in total. The van der Waals surface area contributed by atoms with E-state index in [-0.39, 0.29) is 5.54 Å². The predicted molar refractivity (Wildman–Crippen MR) is 84.8 cm³/mol. The highest BCUT2D eigenvalue weighted by Crippen LogP contribution is 2.47. The van der Waals surface area contributed by atoms with Gasteiger partial charge in [-0.1, -0.05) is 33.1 Å². The lowest BCUT2D eigenvalue weighted by atomic mass is 9.62. The average Bonchev–Trinajstić information content (AvgIpc) is 2.47. The van der Waals surface area contributed by atoms with Crippen molar-refractivity contribution in [2.24, 2.45) is 11.1 Å². The van der Waals surface area contributed by atoms with E-state index in [4.69, 9.17) is 5.73 Å². The van der Waals surface area contributed by atoms with Crippen molar-refractivity contribution in [2.75, 3.05) is 32.7 Å². The van der Waals surface area contributed by atoms with Crippen molar-refractivity contribution >= 4 is 0 Å². The summed E-state index contributed by atoms with van der Waals surface area (Å²) in [5, 5.41) is 0. The fraction of sp³-hybridized carbons (Fsp3) is 1.00. The summed E-state index contributed by atoms with van der Waals surface area (Å²) >= 11 is 0. The van der Waals surface area contributed by atoms with Crippen molar-refractivity contribution < 1.29 is 0 Å². The maximum atomic E-state index is 6.36. The lowest BCUT2D eigenvalue weighted by Gasteiger charge is -2.59. The van der Waals surface area contributed by atoms with Gasteiger partial charge in [0, 0.05) is 37.8 Å². The molecule has 2 heterocycles. The molecule has 2 aliphatic heterocycles. The summed E-state index contributed by atoms with van der Waals surface area (Å²) in [6.45, 7) is 10.9. The second-order valence-electron chi connectivity index (χ2n) is 7.96. The number of hydrogen-bond acceptors (Lipinski definition) is 3. The third kappa shape index (κ3) is 2.32. The van der Waals surface area contributed by atoms with Crippen molar-refractivity contribution in [2.45, 2.75) is 70.4 Å². The summed E-state index contributed by atoms with van der Waals surface area (Å²) in [6.07, 6.45) is 9.64. The molecule has 1 aliphatic carbocycles. The van der Waals surface area contributed by atoms with Crippen molar-refractivity contribution in [3.05, 3.63) is 0 Å². The summed E-state index contributed by atoms with van der Waals surface area (Å²) in [7, 11) is 0. The maximum absolute atomic E-state index is 6.36. The third-order valence-electron chi connectivity index (χ3n) is 6.68. The summed E-state index contributed by atoms with van der Waals surface area (Å²) in [6, 6.07) is 0.804. The fourth-order valence-corrected chi connectivity index (χ4v) is 5.19. The Morgan fingerprint density at radius 1 is 1.00 bits per heavy atom. The highest BCUT2D eigenvalue weighted by Gasteiger charge is 2.51. The number of fused-ring (bicyclic) bond motifs is 1. The van der Waals surface area contributed by atoms with Crippen LogP contribution in [0.2, 0.25) is 0 Å². The van der Waals surface area contributed by atoms with Crippen LogP contribution in [0.1, 0.15) is 58.8 Å².